The van der Waals surface area contributed by atoms with Gasteiger partial charge in [0.1, 0.15) is 12.4 Å². The summed E-state index contributed by atoms with van der Waals surface area (Å²) in [7, 11) is 0. The second kappa shape index (κ2) is 8.45. The summed E-state index contributed by atoms with van der Waals surface area (Å²) in [6.45, 7) is 13.6. The van der Waals surface area contributed by atoms with E-state index in [0.717, 1.165) is 35.7 Å². The van der Waals surface area contributed by atoms with Crippen LogP contribution in [0.2, 0.25) is 0 Å². The summed E-state index contributed by atoms with van der Waals surface area (Å²) in [5.41, 5.74) is 3.60. The van der Waals surface area contributed by atoms with Crippen LogP contribution in [0, 0.1) is 19.3 Å². The third-order valence-corrected chi connectivity index (χ3v) is 6.32. The monoisotopic (exact) mass is 436 g/mol. The molecule has 1 aromatic heterocycles. The Bertz CT molecular complexity index is 1000. The molecule has 3 heterocycles. The summed E-state index contributed by atoms with van der Waals surface area (Å²) in [6.07, 6.45) is 1.56. The summed E-state index contributed by atoms with van der Waals surface area (Å²) in [5.74, 6) is 1.01. The van der Waals surface area contributed by atoms with Crippen LogP contribution < -0.4 is 9.80 Å². The van der Waals surface area contributed by atoms with Gasteiger partial charge in [-0.25, -0.2) is 9.78 Å². The van der Waals surface area contributed by atoms with Crippen LogP contribution in [0.1, 0.15) is 42.3 Å². The lowest BCUT2D eigenvalue weighted by atomic mass is 9.86. The lowest BCUT2D eigenvalue weighted by Gasteiger charge is -2.36. The highest BCUT2D eigenvalue weighted by atomic mass is 16.6. The molecule has 0 N–H and O–H groups in total. The first-order valence-electron chi connectivity index (χ1n) is 11.2. The van der Waals surface area contributed by atoms with Gasteiger partial charge in [-0.1, -0.05) is 26.8 Å². The molecule has 2 aromatic rings. The SMILES string of the molecule is Cc1cnc(N2CCN(C(=O)c3ccc(N4C(=O)OCC4C(C)(C)C)cc3)CC2)c(C)c1. The van der Waals surface area contributed by atoms with E-state index in [-0.39, 0.29) is 23.5 Å². The zero-order chi connectivity index (χ0) is 23.0. The van der Waals surface area contributed by atoms with Gasteiger partial charge in [0.15, 0.2) is 0 Å². The molecular weight excluding hydrogens is 404 g/mol. The maximum atomic E-state index is 13.1. The van der Waals surface area contributed by atoms with Crippen molar-refractivity contribution < 1.29 is 14.3 Å². The van der Waals surface area contributed by atoms with Gasteiger partial charge in [-0.05, 0) is 54.7 Å². The van der Waals surface area contributed by atoms with Crippen LogP contribution in [0.3, 0.4) is 0 Å². The van der Waals surface area contributed by atoms with E-state index in [4.69, 9.17) is 4.74 Å². The number of ether oxygens (including phenoxy) is 1. The Morgan fingerprint density at radius 1 is 1.06 bits per heavy atom. The molecule has 32 heavy (non-hydrogen) atoms. The minimum Gasteiger partial charge on any atom is -0.447 e. The number of carbonyl (C=O) groups excluding carboxylic acids is 2. The summed E-state index contributed by atoms with van der Waals surface area (Å²) >= 11 is 0. The minimum atomic E-state index is -0.333. The van der Waals surface area contributed by atoms with E-state index < -0.39 is 0 Å². The third kappa shape index (κ3) is 4.29. The van der Waals surface area contributed by atoms with E-state index in [1.165, 1.54) is 0 Å². The lowest BCUT2D eigenvalue weighted by molar-refractivity contribution is 0.0746. The molecule has 2 fully saturated rings. The third-order valence-electron chi connectivity index (χ3n) is 6.32. The molecule has 170 valence electrons. The second-order valence-corrected chi connectivity index (χ2v) is 9.81. The van der Waals surface area contributed by atoms with E-state index in [2.05, 4.69) is 43.6 Å². The number of cyclic esters (lactones) is 1. The fourth-order valence-electron chi connectivity index (χ4n) is 4.45. The van der Waals surface area contributed by atoms with E-state index in [1.54, 1.807) is 17.0 Å². The van der Waals surface area contributed by atoms with Crippen LogP contribution in [-0.2, 0) is 4.74 Å². The molecule has 0 bridgehead atoms. The summed E-state index contributed by atoms with van der Waals surface area (Å²) < 4.78 is 5.30. The molecule has 1 atom stereocenters. The lowest BCUT2D eigenvalue weighted by Crippen LogP contribution is -2.49. The van der Waals surface area contributed by atoms with Crippen molar-refractivity contribution in [2.45, 2.75) is 40.7 Å². The van der Waals surface area contributed by atoms with Gasteiger partial charge in [0, 0.05) is 43.6 Å². The van der Waals surface area contributed by atoms with Crippen LogP contribution in [-0.4, -0.2) is 60.7 Å². The second-order valence-electron chi connectivity index (χ2n) is 9.81. The zero-order valence-corrected chi connectivity index (χ0v) is 19.6. The molecule has 1 aromatic carbocycles. The molecule has 2 amide bonds. The normalized spacial score (nSPS) is 19.3. The standard InChI is InChI=1S/C25H32N4O3/c1-17-14-18(2)22(26-15-17)27-10-12-28(13-11-27)23(30)19-6-8-20(9-7-19)29-21(25(3,4)5)16-32-24(29)31/h6-9,14-15,21H,10-13,16H2,1-5H3. The highest BCUT2D eigenvalue weighted by Gasteiger charge is 2.41. The molecule has 0 saturated carbocycles. The van der Waals surface area contributed by atoms with Crippen molar-refractivity contribution in [2.24, 2.45) is 5.41 Å². The fraction of sp³-hybridized carbons (Fsp3) is 0.480. The van der Waals surface area contributed by atoms with Gasteiger partial charge in [0.2, 0.25) is 0 Å². The number of aryl methyl sites for hydroxylation is 2. The largest absolute Gasteiger partial charge is 0.447 e. The van der Waals surface area contributed by atoms with Crippen LogP contribution in [0.25, 0.3) is 0 Å². The maximum Gasteiger partial charge on any atom is 0.414 e. The number of hydrogen-bond donors (Lipinski definition) is 0. The number of rotatable bonds is 3. The molecule has 0 spiro atoms. The number of hydrogen-bond acceptors (Lipinski definition) is 5. The molecular formula is C25H32N4O3. The van der Waals surface area contributed by atoms with E-state index >= 15 is 0 Å². The molecule has 2 aliphatic heterocycles. The Morgan fingerprint density at radius 2 is 1.72 bits per heavy atom. The molecule has 7 nitrogen and oxygen atoms in total. The Morgan fingerprint density at radius 3 is 2.31 bits per heavy atom. The Balaban J connectivity index is 1.42. The van der Waals surface area contributed by atoms with Crippen molar-refractivity contribution >= 4 is 23.5 Å². The van der Waals surface area contributed by atoms with Crippen LogP contribution in [0.5, 0.6) is 0 Å². The Hall–Kier alpha value is -3.09. The van der Waals surface area contributed by atoms with Gasteiger partial charge in [0.25, 0.3) is 5.91 Å². The molecule has 0 aliphatic carbocycles. The van der Waals surface area contributed by atoms with Crippen LogP contribution >= 0.6 is 0 Å². The number of benzene rings is 1. The molecule has 7 heteroatoms. The van der Waals surface area contributed by atoms with Crippen molar-refractivity contribution in [2.75, 3.05) is 42.6 Å². The molecule has 1 unspecified atom stereocenters. The fourth-order valence-corrected chi connectivity index (χ4v) is 4.45. The highest BCUT2D eigenvalue weighted by molar-refractivity contribution is 5.96. The van der Waals surface area contributed by atoms with Crippen molar-refractivity contribution in [1.29, 1.82) is 0 Å². The first-order valence-corrected chi connectivity index (χ1v) is 11.2. The van der Waals surface area contributed by atoms with Gasteiger partial charge >= 0.3 is 6.09 Å². The van der Waals surface area contributed by atoms with Crippen molar-refractivity contribution in [3.63, 3.8) is 0 Å². The molecule has 4 rings (SSSR count). The molecule has 0 radical (unpaired) electrons. The number of amides is 2. The van der Waals surface area contributed by atoms with Gasteiger partial charge in [-0.3, -0.25) is 9.69 Å². The van der Waals surface area contributed by atoms with Gasteiger partial charge in [-0.15, -0.1) is 0 Å². The van der Waals surface area contributed by atoms with Crippen LogP contribution in [0.15, 0.2) is 36.5 Å². The number of piperazine rings is 1. The number of nitrogens with zero attached hydrogens (tertiary/aromatic N) is 4. The topological polar surface area (TPSA) is 66.0 Å². The number of anilines is 2. The average molecular weight is 437 g/mol. The van der Waals surface area contributed by atoms with E-state index in [1.807, 2.05) is 30.2 Å². The summed E-state index contributed by atoms with van der Waals surface area (Å²) in [6, 6.07) is 9.40. The van der Waals surface area contributed by atoms with Crippen molar-refractivity contribution in [3.8, 4) is 0 Å². The van der Waals surface area contributed by atoms with Gasteiger partial charge in [-0.2, -0.15) is 0 Å². The summed E-state index contributed by atoms with van der Waals surface area (Å²) in [5, 5.41) is 0. The van der Waals surface area contributed by atoms with Crippen molar-refractivity contribution in [1.82, 2.24) is 9.88 Å². The average Bonchev–Trinajstić information content (AvgIpc) is 3.15. The first kappa shape index (κ1) is 22.1. The zero-order valence-electron chi connectivity index (χ0n) is 19.6. The predicted octanol–water partition coefficient (Wildman–Crippen LogP) is 4.03. The predicted molar refractivity (Wildman–Crippen MR) is 125 cm³/mol. The van der Waals surface area contributed by atoms with Gasteiger partial charge < -0.3 is 14.5 Å². The van der Waals surface area contributed by atoms with E-state index in [0.29, 0.717) is 25.3 Å². The quantitative estimate of drug-likeness (QED) is 0.727. The smallest absolute Gasteiger partial charge is 0.414 e. The van der Waals surface area contributed by atoms with E-state index in [9.17, 15) is 9.59 Å². The van der Waals surface area contributed by atoms with Gasteiger partial charge in [0.05, 0.1) is 6.04 Å². The molecule has 2 saturated heterocycles. The Kier molecular flexibility index (Phi) is 5.84. The summed E-state index contributed by atoms with van der Waals surface area (Å²) in [4.78, 5) is 35.8. The number of carbonyl (C=O) groups is 2. The van der Waals surface area contributed by atoms with Crippen LogP contribution in [0.4, 0.5) is 16.3 Å². The maximum absolute atomic E-state index is 13.1. The molecule has 2 aliphatic rings. The Labute approximate surface area is 190 Å². The highest BCUT2D eigenvalue weighted by Crippen LogP contribution is 2.33. The number of aromatic nitrogens is 1. The first-order chi connectivity index (χ1) is 15.1. The minimum absolute atomic E-state index is 0.0150. The number of pyridine rings is 1. The van der Waals surface area contributed by atoms with Crippen molar-refractivity contribution in [3.05, 3.63) is 53.2 Å².